The second-order valence-electron chi connectivity index (χ2n) is 4.67. The number of aliphatic hydroxyl groups is 1. The molecule has 2 heterocycles. The van der Waals surface area contributed by atoms with Crippen LogP contribution < -0.4 is 0 Å². The minimum absolute atomic E-state index is 0.0172. The van der Waals surface area contributed by atoms with Gasteiger partial charge in [0.05, 0.1) is 11.9 Å². The zero-order valence-corrected chi connectivity index (χ0v) is 11.2. The summed E-state index contributed by atoms with van der Waals surface area (Å²) in [5.74, 6) is -2.84. The molecule has 0 amide bonds. The van der Waals surface area contributed by atoms with E-state index in [2.05, 4.69) is 10.1 Å². The first-order valence-electron chi connectivity index (χ1n) is 6.41. The van der Waals surface area contributed by atoms with Gasteiger partial charge in [0.15, 0.2) is 17.7 Å². The van der Waals surface area contributed by atoms with Gasteiger partial charge in [0.2, 0.25) is 0 Å². The van der Waals surface area contributed by atoms with Crippen molar-refractivity contribution in [3.05, 3.63) is 66.1 Å². The van der Waals surface area contributed by atoms with Gasteiger partial charge in [-0.15, -0.1) is 0 Å². The van der Waals surface area contributed by atoms with Crippen molar-refractivity contribution in [3.63, 3.8) is 0 Å². The zero-order valence-electron chi connectivity index (χ0n) is 11.2. The van der Waals surface area contributed by atoms with Crippen LogP contribution in [0.5, 0.6) is 0 Å². The van der Waals surface area contributed by atoms with Gasteiger partial charge in [-0.3, -0.25) is 14.9 Å². The van der Waals surface area contributed by atoms with Crippen LogP contribution in [-0.2, 0) is 0 Å². The molecule has 0 radical (unpaired) electrons. The van der Waals surface area contributed by atoms with Gasteiger partial charge in [-0.1, -0.05) is 6.07 Å². The standard InChI is InChI=1S/C15H11F2N3O2/c16-11-2-1-10(7-12(11)17)14(21)15(22)20-8-13(19-20)9-3-5-18-6-4-9/h1-8,14,19,21H. The van der Waals surface area contributed by atoms with E-state index in [-0.39, 0.29) is 5.56 Å². The highest BCUT2D eigenvalue weighted by atomic mass is 19.2. The quantitative estimate of drug-likeness (QED) is 0.781. The van der Waals surface area contributed by atoms with Crippen molar-refractivity contribution in [2.24, 2.45) is 0 Å². The summed E-state index contributed by atoms with van der Waals surface area (Å²) in [6.45, 7) is 0. The average Bonchev–Trinajstić information content (AvgIpc) is 2.49. The van der Waals surface area contributed by atoms with Crippen LogP contribution in [0.4, 0.5) is 8.78 Å². The van der Waals surface area contributed by atoms with Crippen molar-refractivity contribution in [1.29, 1.82) is 0 Å². The van der Waals surface area contributed by atoms with Crippen LogP contribution in [0.1, 0.15) is 16.5 Å². The number of nitrogens with one attached hydrogen (secondary N) is 1. The van der Waals surface area contributed by atoms with Crippen LogP contribution in [0.2, 0.25) is 0 Å². The Morgan fingerprint density at radius 1 is 1.18 bits per heavy atom. The fourth-order valence-electron chi connectivity index (χ4n) is 2.00. The third-order valence-electron chi connectivity index (χ3n) is 3.22. The number of carbonyl (C=O) groups is 1. The second-order valence-corrected chi connectivity index (χ2v) is 4.67. The summed E-state index contributed by atoms with van der Waals surface area (Å²) in [6.07, 6.45) is 3.13. The number of aromatic nitrogens is 3. The highest BCUT2D eigenvalue weighted by Crippen LogP contribution is 2.21. The van der Waals surface area contributed by atoms with Gasteiger partial charge < -0.3 is 5.11 Å². The number of rotatable bonds is 3. The molecule has 0 saturated carbocycles. The average molecular weight is 303 g/mol. The normalized spacial score (nSPS) is 12.3. The predicted octanol–water partition coefficient (Wildman–Crippen LogP) is 2.53. The molecular formula is C15H11F2N3O2. The van der Waals surface area contributed by atoms with E-state index in [0.717, 1.165) is 28.4 Å². The van der Waals surface area contributed by atoms with Crippen LogP contribution in [0.3, 0.4) is 0 Å². The lowest BCUT2D eigenvalue weighted by atomic mass is 10.1. The highest BCUT2D eigenvalue weighted by molar-refractivity contribution is 5.85. The molecule has 2 N–H and O–H groups in total. The van der Waals surface area contributed by atoms with Gasteiger partial charge in [0.25, 0.3) is 5.91 Å². The summed E-state index contributed by atoms with van der Waals surface area (Å²) in [4.78, 5) is 15.9. The monoisotopic (exact) mass is 303 g/mol. The minimum Gasteiger partial charge on any atom is -0.378 e. The topological polar surface area (TPSA) is 70.9 Å². The van der Waals surface area contributed by atoms with Crippen molar-refractivity contribution in [2.45, 2.75) is 6.10 Å². The summed E-state index contributed by atoms with van der Waals surface area (Å²) in [7, 11) is 0. The van der Waals surface area contributed by atoms with Crippen LogP contribution in [0, 0.1) is 11.6 Å². The zero-order chi connectivity index (χ0) is 15.7. The lowest BCUT2D eigenvalue weighted by Gasteiger charge is -2.17. The first-order valence-corrected chi connectivity index (χ1v) is 6.41. The number of pyridine rings is 1. The second kappa shape index (κ2) is 5.53. The molecule has 0 aliphatic rings. The SMILES string of the molecule is O=C(C(O)c1ccc(F)c(F)c1)n1cc(-c2ccncc2)[nH]1. The van der Waals surface area contributed by atoms with Crippen LogP contribution in [-0.4, -0.2) is 25.8 Å². The molecule has 7 heteroatoms. The number of hydrogen-bond acceptors (Lipinski definition) is 3. The Morgan fingerprint density at radius 2 is 1.86 bits per heavy atom. The Bertz CT molecular complexity index is 799. The van der Waals surface area contributed by atoms with E-state index < -0.39 is 23.6 Å². The maximum atomic E-state index is 13.1. The molecule has 3 rings (SSSR count). The van der Waals surface area contributed by atoms with Crippen molar-refractivity contribution in [2.75, 3.05) is 0 Å². The fourth-order valence-corrected chi connectivity index (χ4v) is 2.00. The smallest absolute Gasteiger partial charge is 0.278 e. The van der Waals surface area contributed by atoms with E-state index in [0.29, 0.717) is 5.69 Å². The molecule has 1 unspecified atom stereocenters. The Balaban J connectivity index is 1.78. The Morgan fingerprint density at radius 3 is 2.50 bits per heavy atom. The molecule has 112 valence electrons. The van der Waals surface area contributed by atoms with Gasteiger partial charge in [-0.2, -0.15) is 0 Å². The minimum atomic E-state index is -1.59. The van der Waals surface area contributed by atoms with E-state index in [9.17, 15) is 18.7 Å². The van der Waals surface area contributed by atoms with Gasteiger partial charge in [-0.05, 0) is 29.8 Å². The number of hydrogen-bond donors (Lipinski definition) is 2. The molecule has 1 atom stereocenters. The van der Waals surface area contributed by atoms with Crippen molar-refractivity contribution in [3.8, 4) is 11.3 Å². The summed E-state index contributed by atoms with van der Waals surface area (Å²) >= 11 is 0. The largest absolute Gasteiger partial charge is 0.378 e. The molecule has 0 bridgehead atoms. The number of H-pyrrole nitrogens is 1. The number of aliphatic hydroxyl groups excluding tert-OH is 1. The van der Waals surface area contributed by atoms with Crippen LogP contribution >= 0.6 is 0 Å². The van der Waals surface area contributed by atoms with Crippen molar-refractivity contribution >= 4 is 5.91 Å². The summed E-state index contributed by atoms with van der Waals surface area (Å²) in [6, 6.07) is 6.33. The number of nitrogens with zero attached hydrogens (tertiary/aromatic N) is 2. The molecule has 22 heavy (non-hydrogen) atoms. The van der Waals surface area contributed by atoms with Gasteiger partial charge >= 0.3 is 0 Å². The fraction of sp³-hybridized carbons (Fsp3) is 0.0667. The van der Waals surface area contributed by atoms with Crippen LogP contribution in [0.25, 0.3) is 11.3 Å². The molecule has 1 aromatic carbocycles. The predicted molar refractivity (Wildman–Crippen MR) is 74.0 cm³/mol. The Kier molecular flexibility index (Phi) is 3.56. The third kappa shape index (κ3) is 2.53. The van der Waals surface area contributed by atoms with E-state index in [1.165, 1.54) is 6.20 Å². The van der Waals surface area contributed by atoms with Crippen LogP contribution in [0.15, 0.2) is 48.9 Å². The molecule has 3 aromatic rings. The summed E-state index contributed by atoms with van der Waals surface area (Å²) in [5, 5.41) is 12.7. The number of benzene rings is 1. The molecule has 0 saturated heterocycles. The molecule has 0 spiro atoms. The lowest BCUT2D eigenvalue weighted by Crippen LogP contribution is -2.25. The molecule has 0 aliphatic heterocycles. The molecule has 2 aromatic heterocycles. The first kappa shape index (κ1) is 14.2. The van der Waals surface area contributed by atoms with Crippen molar-refractivity contribution in [1.82, 2.24) is 14.8 Å². The first-order chi connectivity index (χ1) is 10.6. The van der Waals surface area contributed by atoms with E-state index >= 15 is 0 Å². The molecule has 0 fully saturated rings. The molecule has 0 aliphatic carbocycles. The van der Waals surface area contributed by atoms with Gasteiger partial charge in [-0.25, -0.2) is 13.5 Å². The molecular weight excluding hydrogens is 292 g/mol. The van der Waals surface area contributed by atoms with E-state index in [1.54, 1.807) is 24.5 Å². The third-order valence-corrected chi connectivity index (χ3v) is 3.22. The van der Waals surface area contributed by atoms with Gasteiger partial charge in [0.1, 0.15) is 0 Å². The Labute approximate surface area is 123 Å². The van der Waals surface area contributed by atoms with E-state index in [4.69, 9.17) is 0 Å². The maximum absolute atomic E-state index is 13.1. The summed E-state index contributed by atoms with van der Waals surface area (Å²) in [5.41, 5.74) is 1.51. The number of aromatic amines is 1. The van der Waals surface area contributed by atoms with Gasteiger partial charge in [0, 0.05) is 18.0 Å². The molecule has 5 nitrogen and oxygen atoms in total. The van der Waals surface area contributed by atoms with Crippen molar-refractivity contribution < 1.29 is 18.7 Å². The Hall–Kier alpha value is -2.80. The highest BCUT2D eigenvalue weighted by Gasteiger charge is 2.22. The number of halogens is 2. The maximum Gasteiger partial charge on any atom is 0.278 e. The number of carbonyl (C=O) groups excluding carboxylic acids is 1. The lowest BCUT2D eigenvalue weighted by molar-refractivity contribution is 0.0627. The van der Waals surface area contributed by atoms with E-state index in [1.807, 2.05) is 0 Å². The summed E-state index contributed by atoms with van der Waals surface area (Å²) < 4.78 is 27.1.